The molecule has 0 radical (unpaired) electrons. The summed E-state index contributed by atoms with van der Waals surface area (Å²) in [5.41, 5.74) is 0.533. The van der Waals surface area contributed by atoms with E-state index in [0.717, 1.165) is 0 Å². The van der Waals surface area contributed by atoms with Gasteiger partial charge in [-0.15, -0.1) is 0 Å². The number of rotatable bonds is 3. The van der Waals surface area contributed by atoms with E-state index in [9.17, 15) is 9.00 Å². The summed E-state index contributed by atoms with van der Waals surface area (Å²) in [6.45, 7) is 1.92. The molecule has 2 heterocycles. The third-order valence-corrected chi connectivity index (χ3v) is 5.49. The Hall–Kier alpha value is -2.41. The molecule has 0 saturated heterocycles. The van der Waals surface area contributed by atoms with Crippen LogP contribution in [0, 0.1) is 4.78 Å². The van der Waals surface area contributed by atoms with Gasteiger partial charge < -0.3 is 9.64 Å². The third-order valence-electron chi connectivity index (χ3n) is 3.67. The zero-order valence-electron chi connectivity index (χ0n) is 12.6. The lowest BCUT2D eigenvalue weighted by atomic mass is 10.2. The van der Waals surface area contributed by atoms with E-state index in [1.807, 2.05) is 0 Å². The SMILES string of the molecule is CC(Oc1cccnc1)C(=O)N1CCS(=N)(=O)c2ccccc21. The highest BCUT2D eigenvalue weighted by Gasteiger charge is 2.32. The molecule has 1 N–H and O–H groups in total. The minimum absolute atomic E-state index is 0.134. The molecule has 23 heavy (non-hydrogen) atoms. The van der Waals surface area contributed by atoms with Crippen molar-refractivity contribution < 1.29 is 13.7 Å². The molecule has 0 aliphatic carbocycles. The highest BCUT2D eigenvalue weighted by molar-refractivity contribution is 7.92. The van der Waals surface area contributed by atoms with Crippen molar-refractivity contribution in [2.24, 2.45) is 0 Å². The molecule has 0 spiro atoms. The van der Waals surface area contributed by atoms with Crippen molar-refractivity contribution in [3.8, 4) is 5.75 Å². The molecule has 1 aromatic carbocycles. The van der Waals surface area contributed by atoms with Crippen LogP contribution in [0.1, 0.15) is 6.92 Å². The number of hydrogen-bond donors (Lipinski definition) is 1. The Kier molecular flexibility index (Phi) is 4.04. The van der Waals surface area contributed by atoms with E-state index in [0.29, 0.717) is 16.3 Å². The Balaban J connectivity index is 1.86. The Bertz CT molecular complexity index is 821. The molecule has 6 nitrogen and oxygen atoms in total. The molecule has 1 aliphatic rings. The van der Waals surface area contributed by atoms with Gasteiger partial charge in [0, 0.05) is 12.7 Å². The summed E-state index contributed by atoms with van der Waals surface area (Å²) in [6.07, 6.45) is 2.47. The number of pyridine rings is 1. The second-order valence-corrected chi connectivity index (χ2v) is 7.48. The van der Waals surface area contributed by atoms with Crippen molar-refractivity contribution in [2.45, 2.75) is 17.9 Å². The van der Waals surface area contributed by atoms with Gasteiger partial charge in [0.2, 0.25) is 0 Å². The summed E-state index contributed by atoms with van der Waals surface area (Å²) in [7, 11) is -2.84. The molecule has 2 unspecified atom stereocenters. The maximum atomic E-state index is 12.7. The van der Waals surface area contributed by atoms with Crippen molar-refractivity contribution in [2.75, 3.05) is 17.2 Å². The normalized spacial score (nSPS) is 21.3. The van der Waals surface area contributed by atoms with E-state index in [-0.39, 0.29) is 18.2 Å². The monoisotopic (exact) mass is 331 g/mol. The second-order valence-electron chi connectivity index (χ2n) is 5.29. The fraction of sp³-hybridized carbons (Fsp3) is 0.250. The maximum absolute atomic E-state index is 12.7. The van der Waals surface area contributed by atoms with Crippen molar-refractivity contribution >= 4 is 21.3 Å². The second kappa shape index (κ2) is 6.00. The number of carbonyl (C=O) groups excluding carboxylic acids is 1. The summed E-state index contributed by atoms with van der Waals surface area (Å²) in [6, 6.07) is 10.3. The smallest absolute Gasteiger partial charge is 0.267 e. The Morgan fingerprint density at radius 1 is 1.35 bits per heavy atom. The number of ether oxygens (including phenoxy) is 1. The molecule has 2 atom stereocenters. The van der Waals surface area contributed by atoms with Crippen LogP contribution in [0.4, 0.5) is 5.69 Å². The van der Waals surface area contributed by atoms with Crippen LogP contribution in [0.15, 0.2) is 53.7 Å². The van der Waals surface area contributed by atoms with Gasteiger partial charge in [0.25, 0.3) is 5.91 Å². The number of carbonyl (C=O) groups is 1. The topological polar surface area (TPSA) is 83.3 Å². The van der Waals surface area contributed by atoms with Crippen LogP contribution in [-0.4, -0.2) is 33.5 Å². The van der Waals surface area contributed by atoms with Crippen LogP contribution < -0.4 is 9.64 Å². The van der Waals surface area contributed by atoms with E-state index in [2.05, 4.69) is 4.98 Å². The van der Waals surface area contributed by atoms with E-state index in [4.69, 9.17) is 9.52 Å². The summed E-state index contributed by atoms with van der Waals surface area (Å²) in [5, 5.41) is 0. The number of nitrogens with one attached hydrogen (secondary N) is 1. The largest absolute Gasteiger partial charge is 0.479 e. The van der Waals surface area contributed by atoms with Crippen LogP contribution in [0.2, 0.25) is 0 Å². The minimum atomic E-state index is -2.84. The summed E-state index contributed by atoms with van der Waals surface area (Å²) < 4.78 is 25.9. The van der Waals surface area contributed by atoms with Crippen LogP contribution in [0.25, 0.3) is 0 Å². The zero-order valence-corrected chi connectivity index (χ0v) is 13.5. The quantitative estimate of drug-likeness (QED) is 0.935. The van der Waals surface area contributed by atoms with Crippen molar-refractivity contribution in [1.82, 2.24) is 4.98 Å². The highest BCUT2D eigenvalue weighted by atomic mass is 32.2. The van der Waals surface area contributed by atoms with Gasteiger partial charge in [0.1, 0.15) is 5.75 Å². The van der Waals surface area contributed by atoms with Gasteiger partial charge in [-0.05, 0) is 31.2 Å². The number of amides is 1. The van der Waals surface area contributed by atoms with E-state index in [1.54, 1.807) is 60.6 Å². The van der Waals surface area contributed by atoms with E-state index < -0.39 is 15.8 Å². The molecule has 1 amide bonds. The lowest BCUT2D eigenvalue weighted by molar-refractivity contribution is -0.124. The molecule has 2 aromatic rings. The number of benzene rings is 1. The number of hydrogen-bond acceptors (Lipinski definition) is 5. The first-order valence-electron chi connectivity index (χ1n) is 7.22. The van der Waals surface area contributed by atoms with Crippen molar-refractivity contribution in [1.29, 1.82) is 4.78 Å². The van der Waals surface area contributed by atoms with Gasteiger partial charge in [-0.1, -0.05) is 12.1 Å². The standard InChI is InChI=1S/C16H17N3O3S/c1-12(22-13-5-4-8-18-11-13)16(20)19-9-10-23(17,21)15-7-3-2-6-14(15)19/h2-8,11-12,17H,9-10H2,1H3. The molecule has 7 heteroatoms. The van der Waals surface area contributed by atoms with Gasteiger partial charge in [0.15, 0.2) is 6.10 Å². The summed E-state index contributed by atoms with van der Waals surface area (Å²) in [5.74, 6) is 0.425. The first-order chi connectivity index (χ1) is 11.0. The third kappa shape index (κ3) is 3.05. The Morgan fingerprint density at radius 3 is 2.87 bits per heavy atom. The number of para-hydroxylation sites is 1. The molecule has 120 valence electrons. The van der Waals surface area contributed by atoms with Crippen LogP contribution >= 0.6 is 0 Å². The van der Waals surface area contributed by atoms with Crippen LogP contribution in [0.5, 0.6) is 5.75 Å². The summed E-state index contributed by atoms with van der Waals surface area (Å²) >= 11 is 0. The lowest BCUT2D eigenvalue weighted by Gasteiger charge is -2.32. The molecule has 0 bridgehead atoms. The predicted octanol–water partition coefficient (Wildman–Crippen LogP) is 2.30. The lowest BCUT2D eigenvalue weighted by Crippen LogP contribution is -2.45. The molecule has 3 rings (SSSR count). The Labute approximate surface area is 135 Å². The van der Waals surface area contributed by atoms with Crippen molar-refractivity contribution in [3.05, 3.63) is 48.8 Å². The average molecular weight is 331 g/mol. The summed E-state index contributed by atoms with van der Waals surface area (Å²) in [4.78, 5) is 18.6. The van der Waals surface area contributed by atoms with Gasteiger partial charge >= 0.3 is 0 Å². The maximum Gasteiger partial charge on any atom is 0.267 e. The van der Waals surface area contributed by atoms with E-state index >= 15 is 0 Å². The zero-order chi connectivity index (χ0) is 16.4. The molecule has 1 aromatic heterocycles. The Morgan fingerprint density at radius 2 is 2.13 bits per heavy atom. The van der Waals surface area contributed by atoms with Gasteiger partial charge in [-0.3, -0.25) is 9.78 Å². The van der Waals surface area contributed by atoms with E-state index in [1.165, 1.54) is 0 Å². The van der Waals surface area contributed by atoms with Crippen LogP contribution in [-0.2, 0) is 14.5 Å². The predicted molar refractivity (Wildman–Crippen MR) is 87.1 cm³/mol. The van der Waals surface area contributed by atoms with Gasteiger partial charge in [-0.2, -0.15) is 0 Å². The molecule has 1 aliphatic heterocycles. The van der Waals surface area contributed by atoms with Gasteiger partial charge in [-0.25, -0.2) is 8.99 Å². The van der Waals surface area contributed by atoms with Gasteiger partial charge in [0.05, 0.1) is 32.3 Å². The first kappa shape index (κ1) is 15.5. The minimum Gasteiger partial charge on any atom is -0.479 e. The first-order valence-corrected chi connectivity index (χ1v) is 8.95. The van der Waals surface area contributed by atoms with Crippen LogP contribution in [0.3, 0.4) is 0 Å². The number of anilines is 1. The molecular formula is C16H17N3O3S. The van der Waals surface area contributed by atoms with Crippen molar-refractivity contribution in [3.63, 3.8) is 0 Å². The molecular weight excluding hydrogens is 314 g/mol. The number of fused-ring (bicyclic) bond motifs is 1. The highest BCUT2D eigenvalue weighted by Crippen LogP contribution is 2.31. The number of nitrogens with zero attached hydrogens (tertiary/aromatic N) is 2. The fourth-order valence-electron chi connectivity index (χ4n) is 2.53. The number of aromatic nitrogens is 1. The fourth-order valence-corrected chi connectivity index (χ4v) is 4.00. The molecule has 0 fully saturated rings. The molecule has 0 saturated carbocycles. The average Bonchev–Trinajstić information content (AvgIpc) is 2.55.